The lowest BCUT2D eigenvalue weighted by molar-refractivity contribution is 0.0596. The van der Waals surface area contributed by atoms with Gasteiger partial charge in [-0.2, -0.15) is 0 Å². The molecule has 2 rings (SSSR count). The zero-order chi connectivity index (χ0) is 15.5. The molecule has 1 aromatic carbocycles. The van der Waals surface area contributed by atoms with Gasteiger partial charge in [-0.25, -0.2) is 13.2 Å². The summed E-state index contributed by atoms with van der Waals surface area (Å²) >= 11 is 0. The van der Waals surface area contributed by atoms with Crippen LogP contribution in [0.1, 0.15) is 10.4 Å². The number of methoxy groups -OCH3 is 1. The minimum atomic E-state index is -3.95. The maximum atomic E-state index is 12.4. The van der Waals surface area contributed by atoms with Crippen LogP contribution in [0.4, 0.5) is 11.4 Å². The highest BCUT2D eigenvalue weighted by Gasteiger charge is 2.23. The molecular weight excluding hydrogens is 294 g/mol. The third kappa shape index (κ3) is 3.29. The first-order valence-electron chi connectivity index (χ1n) is 5.85. The van der Waals surface area contributed by atoms with E-state index >= 15 is 0 Å². The first kappa shape index (κ1) is 14.8. The maximum Gasteiger partial charge on any atom is 0.339 e. The predicted molar refractivity (Wildman–Crippen MR) is 77.2 cm³/mol. The van der Waals surface area contributed by atoms with Gasteiger partial charge in [0.15, 0.2) is 0 Å². The number of hydrogen-bond acceptors (Lipinski definition) is 6. The van der Waals surface area contributed by atoms with Crippen LogP contribution in [-0.2, 0) is 14.8 Å². The van der Waals surface area contributed by atoms with Gasteiger partial charge in [-0.3, -0.25) is 9.71 Å². The van der Waals surface area contributed by atoms with Gasteiger partial charge in [-0.15, -0.1) is 0 Å². The number of hydrogen-bond donors (Lipinski definition) is 2. The van der Waals surface area contributed by atoms with E-state index in [0.29, 0.717) is 5.69 Å². The number of esters is 1. The van der Waals surface area contributed by atoms with Gasteiger partial charge < -0.3 is 10.5 Å². The minimum Gasteiger partial charge on any atom is -0.465 e. The van der Waals surface area contributed by atoms with E-state index in [-0.39, 0.29) is 16.1 Å². The Kier molecular flexibility index (Phi) is 4.08. The number of nitrogens with two attached hydrogens (primary N) is 1. The maximum absolute atomic E-state index is 12.4. The molecule has 3 N–H and O–H groups in total. The van der Waals surface area contributed by atoms with E-state index in [0.717, 1.165) is 7.11 Å². The predicted octanol–water partition coefficient (Wildman–Crippen LogP) is 1.25. The second-order valence-corrected chi connectivity index (χ2v) is 5.74. The third-order valence-electron chi connectivity index (χ3n) is 2.63. The first-order valence-corrected chi connectivity index (χ1v) is 7.33. The number of aromatic nitrogens is 1. The van der Waals surface area contributed by atoms with Gasteiger partial charge in [0.05, 0.1) is 18.4 Å². The normalized spacial score (nSPS) is 10.9. The van der Waals surface area contributed by atoms with Gasteiger partial charge in [0.25, 0.3) is 10.0 Å². The van der Waals surface area contributed by atoms with Gasteiger partial charge in [0.1, 0.15) is 4.90 Å². The molecule has 0 aliphatic heterocycles. The monoisotopic (exact) mass is 307 g/mol. The quantitative estimate of drug-likeness (QED) is 0.649. The van der Waals surface area contributed by atoms with Crippen LogP contribution < -0.4 is 10.5 Å². The van der Waals surface area contributed by atoms with Gasteiger partial charge in [-0.05, 0) is 30.3 Å². The summed E-state index contributed by atoms with van der Waals surface area (Å²) in [6.45, 7) is 0. The van der Waals surface area contributed by atoms with Crippen molar-refractivity contribution in [2.45, 2.75) is 4.90 Å². The molecule has 1 aromatic heterocycles. The molecule has 0 bridgehead atoms. The average Bonchev–Trinajstić information content (AvgIpc) is 2.46. The molecule has 0 amide bonds. The highest BCUT2D eigenvalue weighted by atomic mass is 32.2. The fraction of sp³-hybridized carbons (Fsp3) is 0.0769. The lowest BCUT2D eigenvalue weighted by atomic mass is 10.2. The molecule has 0 unspecified atom stereocenters. The largest absolute Gasteiger partial charge is 0.465 e. The van der Waals surface area contributed by atoms with E-state index in [1.807, 2.05) is 0 Å². The number of carbonyl (C=O) groups is 1. The van der Waals surface area contributed by atoms with Crippen molar-refractivity contribution in [3.05, 3.63) is 48.3 Å². The molecule has 0 aliphatic rings. The Balaban J connectivity index is 2.47. The Morgan fingerprint density at radius 3 is 2.52 bits per heavy atom. The highest BCUT2D eigenvalue weighted by Crippen LogP contribution is 2.22. The summed E-state index contributed by atoms with van der Waals surface area (Å²) in [6.07, 6.45) is 2.89. The lowest BCUT2D eigenvalue weighted by Crippen LogP contribution is -2.17. The van der Waals surface area contributed by atoms with Gasteiger partial charge >= 0.3 is 5.97 Å². The molecule has 0 saturated heterocycles. The molecule has 0 radical (unpaired) electrons. The topological polar surface area (TPSA) is 111 Å². The smallest absolute Gasteiger partial charge is 0.339 e. The van der Waals surface area contributed by atoms with E-state index in [4.69, 9.17) is 5.73 Å². The second kappa shape index (κ2) is 5.80. The number of nitrogen functional groups attached to an aromatic ring is 1. The number of carbonyl (C=O) groups excluding carboxylic acids is 1. The number of rotatable bonds is 4. The standard InChI is InChI=1S/C13H13N3O4S/c1-20-13(17)11-8-9(14)2-3-12(11)21(18,19)16-10-4-6-15-7-5-10/h2-8H,14H2,1H3,(H,15,16). The summed E-state index contributed by atoms with van der Waals surface area (Å²) in [6, 6.07) is 6.89. The molecule has 0 fully saturated rings. The van der Waals surface area contributed by atoms with Crippen molar-refractivity contribution in [2.75, 3.05) is 17.6 Å². The SMILES string of the molecule is COC(=O)c1cc(N)ccc1S(=O)(=O)Nc1ccncc1. The van der Waals surface area contributed by atoms with Crippen molar-refractivity contribution in [1.82, 2.24) is 4.98 Å². The van der Waals surface area contributed by atoms with Crippen LogP contribution in [0.25, 0.3) is 0 Å². The number of anilines is 2. The molecule has 0 aliphatic carbocycles. The second-order valence-electron chi connectivity index (χ2n) is 4.09. The Morgan fingerprint density at radius 1 is 1.24 bits per heavy atom. The van der Waals surface area contributed by atoms with Crippen molar-refractivity contribution in [1.29, 1.82) is 0 Å². The van der Waals surface area contributed by atoms with Gasteiger partial charge in [-0.1, -0.05) is 0 Å². The van der Waals surface area contributed by atoms with E-state index in [1.165, 1.54) is 42.7 Å². The van der Waals surface area contributed by atoms with Crippen LogP contribution in [0, 0.1) is 0 Å². The zero-order valence-electron chi connectivity index (χ0n) is 11.1. The first-order chi connectivity index (χ1) is 9.94. The Hall–Kier alpha value is -2.61. The molecule has 110 valence electrons. The van der Waals surface area contributed by atoms with Gasteiger partial charge in [0.2, 0.25) is 0 Å². The van der Waals surface area contributed by atoms with Crippen LogP contribution in [0.5, 0.6) is 0 Å². The number of benzene rings is 1. The summed E-state index contributed by atoms with van der Waals surface area (Å²) in [4.78, 5) is 15.3. The number of nitrogens with zero attached hydrogens (tertiary/aromatic N) is 1. The molecule has 21 heavy (non-hydrogen) atoms. The molecular formula is C13H13N3O4S. The third-order valence-corrected chi connectivity index (χ3v) is 4.07. The molecule has 2 aromatic rings. The van der Waals surface area contributed by atoms with Crippen LogP contribution in [-0.4, -0.2) is 26.5 Å². The fourth-order valence-corrected chi connectivity index (χ4v) is 2.92. The molecule has 7 nitrogen and oxygen atoms in total. The summed E-state index contributed by atoms with van der Waals surface area (Å²) in [7, 11) is -2.79. The van der Waals surface area contributed by atoms with Crippen LogP contribution in [0.15, 0.2) is 47.6 Å². The van der Waals surface area contributed by atoms with Gasteiger partial charge in [0, 0.05) is 18.1 Å². The van der Waals surface area contributed by atoms with Crippen molar-refractivity contribution >= 4 is 27.4 Å². The van der Waals surface area contributed by atoms with Crippen molar-refractivity contribution < 1.29 is 17.9 Å². The van der Waals surface area contributed by atoms with Crippen molar-refractivity contribution in [3.8, 4) is 0 Å². The van der Waals surface area contributed by atoms with Crippen LogP contribution >= 0.6 is 0 Å². The Morgan fingerprint density at radius 2 is 1.90 bits per heavy atom. The summed E-state index contributed by atoms with van der Waals surface area (Å²) in [5, 5.41) is 0. The zero-order valence-corrected chi connectivity index (χ0v) is 11.9. The Labute approximate surface area is 121 Å². The summed E-state index contributed by atoms with van der Waals surface area (Å²) in [5.41, 5.74) is 6.05. The Bertz CT molecular complexity index is 760. The lowest BCUT2D eigenvalue weighted by Gasteiger charge is -2.11. The molecule has 1 heterocycles. The summed E-state index contributed by atoms with van der Waals surface area (Å²) in [5.74, 6) is -0.780. The molecule has 0 spiro atoms. The van der Waals surface area contributed by atoms with E-state index in [9.17, 15) is 13.2 Å². The van der Waals surface area contributed by atoms with E-state index in [2.05, 4.69) is 14.4 Å². The highest BCUT2D eigenvalue weighted by molar-refractivity contribution is 7.92. The number of sulfonamides is 1. The minimum absolute atomic E-state index is 0.126. The van der Waals surface area contributed by atoms with Crippen LogP contribution in [0.3, 0.4) is 0 Å². The van der Waals surface area contributed by atoms with E-state index < -0.39 is 16.0 Å². The van der Waals surface area contributed by atoms with Crippen molar-refractivity contribution in [3.63, 3.8) is 0 Å². The van der Waals surface area contributed by atoms with E-state index in [1.54, 1.807) is 0 Å². The average molecular weight is 307 g/mol. The molecule has 0 atom stereocenters. The molecule has 8 heteroatoms. The summed E-state index contributed by atoms with van der Waals surface area (Å²) < 4.78 is 31.7. The number of nitrogens with one attached hydrogen (secondary N) is 1. The fourth-order valence-electron chi connectivity index (χ4n) is 1.68. The van der Waals surface area contributed by atoms with Crippen molar-refractivity contribution in [2.24, 2.45) is 0 Å². The number of ether oxygens (including phenoxy) is 1. The number of pyridine rings is 1. The molecule has 0 saturated carbocycles. The van der Waals surface area contributed by atoms with Crippen LogP contribution in [0.2, 0.25) is 0 Å².